The molecule has 3 nitrogen and oxygen atoms in total. The van der Waals surface area contributed by atoms with E-state index >= 15 is 0 Å². The van der Waals surface area contributed by atoms with Crippen LogP contribution in [0.3, 0.4) is 0 Å². The van der Waals surface area contributed by atoms with E-state index in [2.05, 4.69) is 23.8 Å². The van der Waals surface area contributed by atoms with Crippen molar-refractivity contribution >= 4 is 0 Å². The number of unbranched alkanes of at least 4 members (excludes halogenated alkanes) is 8. The molecule has 30 heavy (non-hydrogen) atoms. The van der Waals surface area contributed by atoms with E-state index < -0.39 is 5.85 Å². The van der Waals surface area contributed by atoms with Crippen molar-refractivity contribution in [2.24, 2.45) is 0 Å². The average molecular weight is 415 g/mol. The van der Waals surface area contributed by atoms with E-state index in [1.165, 1.54) is 51.0 Å². The summed E-state index contributed by atoms with van der Waals surface area (Å²) in [5.41, 5.74) is 2.10. The maximum Gasteiger partial charge on any atom is 0.245 e. The van der Waals surface area contributed by atoms with Crippen molar-refractivity contribution in [2.45, 2.75) is 104 Å². The van der Waals surface area contributed by atoms with E-state index in [4.69, 9.17) is 4.74 Å². The highest BCUT2D eigenvalue weighted by molar-refractivity contribution is 5.55. The summed E-state index contributed by atoms with van der Waals surface area (Å²) < 4.78 is 20.2. The summed E-state index contributed by atoms with van der Waals surface area (Å²) in [5.74, 6) is -0.404. The van der Waals surface area contributed by atoms with Crippen LogP contribution >= 0.6 is 0 Å². The molecule has 1 aromatic heterocycles. The second-order valence-electron chi connectivity index (χ2n) is 8.47. The fourth-order valence-electron chi connectivity index (χ4n) is 3.58. The lowest BCUT2D eigenvalue weighted by Gasteiger charge is -2.22. The zero-order valence-corrected chi connectivity index (χ0v) is 19.1. The molecule has 0 amide bonds. The van der Waals surface area contributed by atoms with Crippen LogP contribution in [0, 0.1) is 0 Å². The molecule has 0 fully saturated rings. The summed E-state index contributed by atoms with van der Waals surface area (Å²) >= 11 is 0. The number of nitrogens with zero attached hydrogens (tertiary/aromatic N) is 2. The zero-order chi connectivity index (χ0) is 21.7. The van der Waals surface area contributed by atoms with E-state index in [-0.39, 0.29) is 0 Å². The predicted octanol–water partition coefficient (Wildman–Crippen LogP) is 8.08. The highest BCUT2D eigenvalue weighted by atomic mass is 19.2. The number of aromatic nitrogens is 2. The number of hydrogen-bond acceptors (Lipinski definition) is 3. The van der Waals surface area contributed by atoms with Gasteiger partial charge in [0.15, 0.2) is 5.82 Å². The molecule has 0 bridgehead atoms. The molecular formula is C26H39FN2O. The molecule has 0 aliphatic rings. The fourth-order valence-corrected chi connectivity index (χ4v) is 3.58. The van der Waals surface area contributed by atoms with Crippen molar-refractivity contribution in [1.29, 1.82) is 0 Å². The van der Waals surface area contributed by atoms with Crippen molar-refractivity contribution in [2.75, 3.05) is 0 Å². The Balaban J connectivity index is 1.81. The van der Waals surface area contributed by atoms with Crippen LogP contribution in [0.15, 0.2) is 36.7 Å². The summed E-state index contributed by atoms with van der Waals surface area (Å²) in [6, 6.07) is 7.38. The minimum atomic E-state index is -1.63. The third-order valence-corrected chi connectivity index (χ3v) is 5.44. The number of alkyl halides is 1. The fraction of sp³-hybridized carbons (Fsp3) is 0.615. The molecule has 0 saturated heterocycles. The van der Waals surface area contributed by atoms with Crippen molar-refractivity contribution in [3.05, 3.63) is 42.2 Å². The first kappa shape index (κ1) is 24.3. The van der Waals surface area contributed by atoms with E-state index in [1.54, 1.807) is 12.1 Å². The lowest BCUT2D eigenvalue weighted by molar-refractivity contribution is -0.0530. The number of benzene rings is 1. The smallest absolute Gasteiger partial charge is 0.245 e. The lowest BCUT2D eigenvalue weighted by Crippen LogP contribution is -2.26. The largest absolute Gasteiger partial charge is 0.458 e. The first-order chi connectivity index (χ1) is 14.5. The van der Waals surface area contributed by atoms with Crippen LogP contribution in [-0.2, 0) is 6.42 Å². The van der Waals surface area contributed by atoms with Crippen LogP contribution in [0.5, 0.6) is 5.75 Å². The van der Waals surface area contributed by atoms with Gasteiger partial charge < -0.3 is 4.74 Å². The Labute approximate surface area is 182 Å². The van der Waals surface area contributed by atoms with Crippen molar-refractivity contribution in [3.63, 3.8) is 0 Å². The van der Waals surface area contributed by atoms with Gasteiger partial charge in [0.25, 0.3) is 0 Å². The first-order valence-electron chi connectivity index (χ1n) is 11.8. The SMILES string of the molecule is CCCCCCCCc1cnc(-c2ccc(OC(C)(F)CCCCCC)cc2)nc1. The molecule has 1 atom stereocenters. The molecule has 0 aliphatic heterocycles. The molecule has 0 aliphatic carbocycles. The molecule has 0 saturated carbocycles. The van der Waals surface area contributed by atoms with Crippen LogP contribution in [0.25, 0.3) is 11.4 Å². The van der Waals surface area contributed by atoms with E-state index in [1.807, 2.05) is 24.5 Å². The second kappa shape index (κ2) is 13.4. The molecule has 0 spiro atoms. The molecule has 1 unspecified atom stereocenters. The maximum absolute atomic E-state index is 14.6. The number of rotatable bonds is 15. The van der Waals surface area contributed by atoms with Crippen LogP contribution in [0.4, 0.5) is 4.39 Å². The van der Waals surface area contributed by atoms with Gasteiger partial charge in [0.2, 0.25) is 5.85 Å². The molecule has 1 heterocycles. The molecule has 2 aromatic rings. The van der Waals surface area contributed by atoms with E-state index in [0.717, 1.165) is 37.7 Å². The quantitative estimate of drug-likeness (QED) is 0.276. The van der Waals surface area contributed by atoms with E-state index in [9.17, 15) is 4.39 Å². The molecule has 2 rings (SSSR count). The zero-order valence-electron chi connectivity index (χ0n) is 19.1. The van der Waals surface area contributed by atoms with Crippen LogP contribution < -0.4 is 4.74 Å². The summed E-state index contributed by atoms with van der Waals surface area (Å²) in [4.78, 5) is 9.03. The Morgan fingerprint density at radius 1 is 0.800 bits per heavy atom. The van der Waals surface area contributed by atoms with Gasteiger partial charge in [0.05, 0.1) is 0 Å². The average Bonchev–Trinajstić information content (AvgIpc) is 2.74. The van der Waals surface area contributed by atoms with Crippen molar-refractivity contribution in [1.82, 2.24) is 9.97 Å². The Kier molecular flexibility index (Phi) is 10.8. The van der Waals surface area contributed by atoms with Gasteiger partial charge in [-0.1, -0.05) is 65.2 Å². The van der Waals surface area contributed by atoms with Gasteiger partial charge in [0, 0.05) is 31.3 Å². The molecule has 166 valence electrons. The highest BCUT2D eigenvalue weighted by Crippen LogP contribution is 2.27. The first-order valence-corrected chi connectivity index (χ1v) is 11.8. The van der Waals surface area contributed by atoms with Crippen LogP contribution in [0.2, 0.25) is 0 Å². The minimum Gasteiger partial charge on any atom is -0.458 e. The van der Waals surface area contributed by atoms with Gasteiger partial charge in [-0.2, -0.15) is 4.39 Å². The number of ether oxygens (including phenoxy) is 1. The van der Waals surface area contributed by atoms with Crippen molar-refractivity contribution in [3.8, 4) is 17.1 Å². The number of hydrogen-bond donors (Lipinski definition) is 0. The highest BCUT2D eigenvalue weighted by Gasteiger charge is 2.24. The summed E-state index contributed by atoms with van der Waals surface area (Å²) in [7, 11) is 0. The summed E-state index contributed by atoms with van der Waals surface area (Å²) in [6.45, 7) is 5.91. The van der Waals surface area contributed by atoms with Gasteiger partial charge in [-0.15, -0.1) is 0 Å². The summed E-state index contributed by atoms with van der Waals surface area (Å²) in [6.07, 6.45) is 17.2. The van der Waals surface area contributed by atoms with Crippen LogP contribution in [-0.4, -0.2) is 15.8 Å². The Bertz CT molecular complexity index is 698. The van der Waals surface area contributed by atoms with Gasteiger partial charge in [0.1, 0.15) is 5.75 Å². The third-order valence-electron chi connectivity index (χ3n) is 5.44. The normalized spacial score (nSPS) is 13.2. The van der Waals surface area contributed by atoms with Gasteiger partial charge in [-0.25, -0.2) is 9.97 Å². The Morgan fingerprint density at radius 2 is 1.37 bits per heavy atom. The topological polar surface area (TPSA) is 35.0 Å². The molecule has 1 aromatic carbocycles. The van der Waals surface area contributed by atoms with Gasteiger partial charge >= 0.3 is 0 Å². The molecular weight excluding hydrogens is 375 g/mol. The number of halogens is 1. The lowest BCUT2D eigenvalue weighted by atomic mass is 10.1. The van der Waals surface area contributed by atoms with E-state index in [0.29, 0.717) is 18.0 Å². The predicted molar refractivity (Wildman–Crippen MR) is 123 cm³/mol. The summed E-state index contributed by atoms with van der Waals surface area (Å²) in [5, 5.41) is 0. The minimum absolute atomic E-state index is 0.415. The monoisotopic (exact) mass is 414 g/mol. The van der Waals surface area contributed by atoms with Gasteiger partial charge in [-0.05, 0) is 49.1 Å². The number of aryl methyl sites for hydroxylation is 1. The second-order valence-corrected chi connectivity index (χ2v) is 8.47. The van der Waals surface area contributed by atoms with Gasteiger partial charge in [-0.3, -0.25) is 0 Å². The third kappa shape index (κ3) is 9.23. The standard InChI is InChI=1S/C26H39FN2O/c1-4-6-8-10-11-12-14-22-20-28-25(29-21-22)23-15-17-24(18-16-23)30-26(3,27)19-13-9-7-5-2/h15-18,20-21H,4-14,19H2,1-3H3. The van der Waals surface area contributed by atoms with Crippen LogP contribution in [0.1, 0.15) is 97.0 Å². The maximum atomic E-state index is 14.6. The van der Waals surface area contributed by atoms with Crippen molar-refractivity contribution < 1.29 is 9.13 Å². The molecule has 0 N–H and O–H groups in total. The Morgan fingerprint density at radius 3 is 2.00 bits per heavy atom. The molecule has 0 radical (unpaired) electrons. The molecule has 4 heteroatoms. The Hall–Kier alpha value is -1.97.